The number of halogens is 3. The van der Waals surface area contributed by atoms with Crippen LogP contribution in [0.3, 0.4) is 0 Å². The highest BCUT2D eigenvalue weighted by molar-refractivity contribution is 7.10. The van der Waals surface area contributed by atoms with Gasteiger partial charge in [-0.05, 0) is 35.8 Å². The summed E-state index contributed by atoms with van der Waals surface area (Å²) in [6.45, 7) is 0. The van der Waals surface area contributed by atoms with Crippen LogP contribution >= 0.6 is 11.3 Å². The molecule has 1 aliphatic rings. The van der Waals surface area contributed by atoms with E-state index in [4.69, 9.17) is 0 Å². The Morgan fingerprint density at radius 2 is 2.00 bits per heavy atom. The van der Waals surface area contributed by atoms with Gasteiger partial charge >= 0.3 is 6.18 Å². The maximum absolute atomic E-state index is 12.3. The standard InChI is InChI=1S/C8H7F3S/c9-8(10,11)7-6(3-4-12-7)5-1-2-5/h3-5H,1-2H2. The molecule has 66 valence electrons. The topological polar surface area (TPSA) is 0 Å². The third kappa shape index (κ3) is 1.35. The van der Waals surface area contributed by atoms with Crippen LogP contribution < -0.4 is 0 Å². The Morgan fingerprint density at radius 3 is 2.50 bits per heavy atom. The van der Waals surface area contributed by atoms with E-state index in [1.54, 1.807) is 6.07 Å². The van der Waals surface area contributed by atoms with Crippen LogP contribution in [0.5, 0.6) is 0 Å². The maximum Gasteiger partial charge on any atom is 0.425 e. The summed E-state index contributed by atoms with van der Waals surface area (Å²) in [5, 5.41) is 1.52. The van der Waals surface area contributed by atoms with Gasteiger partial charge < -0.3 is 0 Å². The van der Waals surface area contributed by atoms with Crippen molar-refractivity contribution in [2.75, 3.05) is 0 Å². The zero-order valence-electron chi connectivity index (χ0n) is 6.19. The predicted octanol–water partition coefficient (Wildman–Crippen LogP) is 3.64. The highest BCUT2D eigenvalue weighted by Crippen LogP contribution is 2.47. The Hall–Kier alpha value is -0.510. The molecule has 0 aromatic carbocycles. The van der Waals surface area contributed by atoms with E-state index in [0.717, 1.165) is 24.2 Å². The van der Waals surface area contributed by atoms with Gasteiger partial charge in [0.25, 0.3) is 0 Å². The minimum Gasteiger partial charge on any atom is -0.165 e. The van der Waals surface area contributed by atoms with Crippen LogP contribution in [0.2, 0.25) is 0 Å². The minimum atomic E-state index is -4.15. The summed E-state index contributed by atoms with van der Waals surface area (Å²) in [7, 11) is 0. The normalized spacial score (nSPS) is 18.2. The molecule has 1 aromatic heterocycles. The Labute approximate surface area is 72.0 Å². The van der Waals surface area contributed by atoms with Crippen LogP contribution in [0.15, 0.2) is 11.4 Å². The molecule has 0 radical (unpaired) electrons. The molecule has 0 atom stereocenters. The monoisotopic (exact) mass is 192 g/mol. The quantitative estimate of drug-likeness (QED) is 0.637. The first-order chi connectivity index (χ1) is 5.59. The Kier molecular flexibility index (Phi) is 1.68. The lowest BCUT2D eigenvalue weighted by molar-refractivity contribution is -0.134. The van der Waals surface area contributed by atoms with Crippen molar-refractivity contribution in [1.82, 2.24) is 0 Å². The molecule has 1 saturated carbocycles. The SMILES string of the molecule is FC(F)(F)c1sccc1C1CC1. The van der Waals surface area contributed by atoms with Crippen molar-refractivity contribution in [1.29, 1.82) is 0 Å². The fraction of sp³-hybridized carbons (Fsp3) is 0.500. The molecule has 0 unspecified atom stereocenters. The summed E-state index contributed by atoms with van der Waals surface area (Å²) >= 11 is 0.800. The summed E-state index contributed by atoms with van der Waals surface area (Å²) in [6, 6.07) is 1.60. The first kappa shape index (κ1) is 8.10. The van der Waals surface area contributed by atoms with Crippen molar-refractivity contribution in [3.8, 4) is 0 Å². The van der Waals surface area contributed by atoms with Gasteiger partial charge in [-0.1, -0.05) is 0 Å². The second-order valence-electron chi connectivity index (χ2n) is 2.98. The largest absolute Gasteiger partial charge is 0.425 e. The smallest absolute Gasteiger partial charge is 0.165 e. The van der Waals surface area contributed by atoms with Crippen LogP contribution in [-0.4, -0.2) is 0 Å². The van der Waals surface area contributed by atoms with E-state index in [2.05, 4.69) is 0 Å². The number of alkyl halides is 3. The zero-order chi connectivity index (χ0) is 8.77. The summed E-state index contributed by atoms with van der Waals surface area (Å²) in [6.07, 6.45) is -2.31. The average molecular weight is 192 g/mol. The summed E-state index contributed by atoms with van der Waals surface area (Å²) in [5.74, 6) is 0.188. The molecular weight excluding hydrogens is 185 g/mol. The minimum absolute atomic E-state index is 0.188. The van der Waals surface area contributed by atoms with Gasteiger partial charge in [0, 0.05) is 0 Å². The summed E-state index contributed by atoms with van der Waals surface area (Å²) in [5.41, 5.74) is 0.507. The second kappa shape index (κ2) is 2.49. The van der Waals surface area contributed by atoms with Gasteiger partial charge in [-0.2, -0.15) is 13.2 Å². The van der Waals surface area contributed by atoms with Crippen molar-refractivity contribution in [2.24, 2.45) is 0 Å². The number of rotatable bonds is 1. The van der Waals surface area contributed by atoms with Crippen molar-refractivity contribution in [2.45, 2.75) is 24.9 Å². The number of hydrogen-bond donors (Lipinski definition) is 0. The fourth-order valence-electron chi connectivity index (χ4n) is 1.27. The molecule has 0 bridgehead atoms. The van der Waals surface area contributed by atoms with E-state index in [-0.39, 0.29) is 5.92 Å². The molecule has 0 saturated heterocycles. The number of hydrogen-bond acceptors (Lipinski definition) is 1. The highest BCUT2D eigenvalue weighted by atomic mass is 32.1. The molecule has 1 heterocycles. The third-order valence-electron chi connectivity index (χ3n) is 1.97. The summed E-state index contributed by atoms with van der Waals surface area (Å²) < 4.78 is 36.8. The lowest BCUT2D eigenvalue weighted by Gasteiger charge is -2.05. The van der Waals surface area contributed by atoms with E-state index in [1.807, 2.05) is 0 Å². The van der Waals surface area contributed by atoms with Crippen molar-refractivity contribution in [3.63, 3.8) is 0 Å². The third-order valence-corrected chi connectivity index (χ3v) is 2.95. The molecule has 2 rings (SSSR count). The van der Waals surface area contributed by atoms with Gasteiger partial charge in [-0.3, -0.25) is 0 Å². The lowest BCUT2D eigenvalue weighted by Crippen LogP contribution is -2.04. The van der Waals surface area contributed by atoms with E-state index in [1.165, 1.54) is 5.38 Å². The lowest BCUT2D eigenvalue weighted by atomic mass is 10.1. The molecule has 12 heavy (non-hydrogen) atoms. The van der Waals surface area contributed by atoms with E-state index >= 15 is 0 Å². The first-order valence-electron chi connectivity index (χ1n) is 3.73. The molecule has 4 heteroatoms. The van der Waals surface area contributed by atoms with E-state index in [0.29, 0.717) is 5.56 Å². The predicted molar refractivity (Wildman–Crippen MR) is 41.3 cm³/mol. The highest BCUT2D eigenvalue weighted by Gasteiger charge is 2.39. The van der Waals surface area contributed by atoms with Crippen LogP contribution in [0.1, 0.15) is 29.2 Å². The average Bonchev–Trinajstić information content (AvgIpc) is 2.65. The van der Waals surface area contributed by atoms with Gasteiger partial charge in [-0.15, -0.1) is 11.3 Å². The van der Waals surface area contributed by atoms with Crippen LogP contribution in [0, 0.1) is 0 Å². The van der Waals surface area contributed by atoms with Crippen molar-refractivity contribution < 1.29 is 13.2 Å². The maximum atomic E-state index is 12.3. The van der Waals surface area contributed by atoms with E-state index < -0.39 is 11.1 Å². The van der Waals surface area contributed by atoms with Crippen LogP contribution in [0.4, 0.5) is 13.2 Å². The molecular formula is C8H7F3S. The van der Waals surface area contributed by atoms with Gasteiger partial charge in [-0.25, -0.2) is 0 Å². The van der Waals surface area contributed by atoms with Crippen molar-refractivity contribution >= 4 is 11.3 Å². The van der Waals surface area contributed by atoms with E-state index in [9.17, 15) is 13.2 Å². The molecule has 1 fully saturated rings. The molecule has 0 nitrogen and oxygen atoms in total. The molecule has 1 aliphatic carbocycles. The van der Waals surface area contributed by atoms with Gasteiger partial charge in [0.05, 0.1) is 0 Å². The Balaban J connectivity index is 2.36. The molecule has 0 amide bonds. The molecule has 1 aromatic rings. The first-order valence-corrected chi connectivity index (χ1v) is 4.61. The van der Waals surface area contributed by atoms with Crippen molar-refractivity contribution in [3.05, 3.63) is 21.9 Å². The second-order valence-corrected chi connectivity index (χ2v) is 3.89. The van der Waals surface area contributed by atoms with Crippen LogP contribution in [0.25, 0.3) is 0 Å². The van der Waals surface area contributed by atoms with Gasteiger partial charge in [0.15, 0.2) is 0 Å². The molecule has 0 spiro atoms. The van der Waals surface area contributed by atoms with Gasteiger partial charge in [0.1, 0.15) is 4.88 Å². The van der Waals surface area contributed by atoms with Crippen LogP contribution in [-0.2, 0) is 6.18 Å². The Bertz CT molecular complexity index is 283. The molecule has 0 aliphatic heterocycles. The molecule has 0 N–H and O–H groups in total. The Morgan fingerprint density at radius 1 is 1.33 bits per heavy atom. The number of thiophene rings is 1. The summed E-state index contributed by atoms with van der Waals surface area (Å²) in [4.78, 5) is -0.398. The fourth-order valence-corrected chi connectivity index (χ4v) is 2.12. The zero-order valence-corrected chi connectivity index (χ0v) is 7.00. The van der Waals surface area contributed by atoms with Gasteiger partial charge in [0.2, 0.25) is 0 Å².